The second kappa shape index (κ2) is 7.46. The first-order valence-electron chi connectivity index (χ1n) is 9.02. The number of fused-ring (bicyclic) bond motifs is 1. The molecule has 4 rings (SSSR count). The van der Waals surface area contributed by atoms with Crippen molar-refractivity contribution in [2.45, 2.75) is 32.2 Å². The highest BCUT2D eigenvalue weighted by Crippen LogP contribution is 2.28. The van der Waals surface area contributed by atoms with E-state index in [-0.39, 0.29) is 11.3 Å². The molecule has 3 aromatic rings. The molecule has 0 unspecified atom stereocenters. The SMILES string of the molecule is O=C(Nc1ccc(F)c(-c2nnc3n2CCCCC3)c1)c1c(F)cccc1F. The summed E-state index contributed by atoms with van der Waals surface area (Å²) in [5.41, 5.74) is -0.313. The molecule has 0 aliphatic carbocycles. The van der Waals surface area contributed by atoms with Crippen molar-refractivity contribution in [3.8, 4) is 11.4 Å². The van der Waals surface area contributed by atoms with Crippen molar-refractivity contribution < 1.29 is 18.0 Å². The maximum absolute atomic E-state index is 14.5. The van der Waals surface area contributed by atoms with Gasteiger partial charge in [-0.25, -0.2) is 13.2 Å². The fraction of sp³-hybridized carbons (Fsp3) is 0.250. The van der Waals surface area contributed by atoms with Crippen LogP contribution < -0.4 is 5.32 Å². The Morgan fingerprint density at radius 2 is 1.75 bits per heavy atom. The number of halogens is 3. The fourth-order valence-corrected chi connectivity index (χ4v) is 3.37. The van der Waals surface area contributed by atoms with Gasteiger partial charge >= 0.3 is 0 Å². The van der Waals surface area contributed by atoms with Crippen LogP contribution in [0.2, 0.25) is 0 Å². The number of hydrogen-bond acceptors (Lipinski definition) is 3. The Kier molecular flexibility index (Phi) is 4.85. The van der Waals surface area contributed by atoms with Gasteiger partial charge in [-0.2, -0.15) is 0 Å². The van der Waals surface area contributed by atoms with Crippen LogP contribution in [-0.2, 0) is 13.0 Å². The molecule has 8 heteroatoms. The number of aryl methyl sites for hydroxylation is 1. The van der Waals surface area contributed by atoms with Crippen molar-refractivity contribution >= 4 is 11.6 Å². The van der Waals surface area contributed by atoms with E-state index < -0.39 is 28.9 Å². The molecule has 0 radical (unpaired) electrons. The third-order valence-corrected chi connectivity index (χ3v) is 4.76. The van der Waals surface area contributed by atoms with Gasteiger partial charge in [-0.05, 0) is 43.2 Å². The van der Waals surface area contributed by atoms with Crippen molar-refractivity contribution in [2.75, 3.05) is 5.32 Å². The number of nitrogens with one attached hydrogen (secondary N) is 1. The van der Waals surface area contributed by atoms with Gasteiger partial charge in [-0.3, -0.25) is 4.79 Å². The molecular formula is C20H17F3N4O. The number of anilines is 1. The lowest BCUT2D eigenvalue weighted by atomic mass is 10.1. The molecule has 0 spiro atoms. The van der Waals surface area contributed by atoms with Crippen LogP contribution in [0.3, 0.4) is 0 Å². The molecule has 0 saturated heterocycles. The van der Waals surface area contributed by atoms with Crippen molar-refractivity contribution in [1.82, 2.24) is 14.8 Å². The number of nitrogens with zero attached hydrogens (tertiary/aromatic N) is 3. The summed E-state index contributed by atoms with van der Waals surface area (Å²) in [5, 5.41) is 10.7. The molecule has 1 N–H and O–H groups in total. The zero-order chi connectivity index (χ0) is 19.7. The molecule has 2 aromatic carbocycles. The largest absolute Gasteiger partial charge is 0.322 e. The first-order valence-corrected chi connectivity index (χ1v) is 9.02. The van der Waals surface area contributed by atoms with Crippen LogP contribution in [0, 0.1) is 17.5 Å². The topological polar surface area (TPSA) is 59.8 Å². The molecule has 0 bridgehead atoms. The number of aromatic nitrogens is 3. The first kappa shape index (κ1) is 18.2. The first-order chi connectivity index (χ1) is 13.5. The molecular weight excluding hydrogens is 369 g/mol. The van der Waals surface area contributed by atoms with Crippen molar-refractivity contribution in [3.05, 3.63) is 65.2 Å². The van der Waals surface area contributed by atoms with E-state index in [2.05, 4.69) is 15.5 Å². The number of rotatable bonds is 3. The summed E-state index contributed by atoms with van der Waals surface area (Å²) >= 11 is 0. The van der Waals surface area contributed by atoms with E-state index in [9.17, 15) is 18.0 Å². The van der Waals surface area contributed by atoms with E-state index in [1.807, 2.05) is 4.57 Å². The summed E-state index contributed by atoms with van der Waals surface area (Å²) in [7, 11) is 0. The van der Waals surface area contributed by atoms with Crippen LogP contribution in [0.25, 0.3) is 11.4 Å². The average Bonchev–Trinajstić information content (AvgIpc) is 2.91. The van der Waals surface area contributed by atoms with Crippen LogP contribution in [-0.4, -0.2) is 20.7 Å². The molecule has 0 fully saturated rings. The quantitative estimate of drug-likeness (QED) is 0.728. The third kappa shape index (κ3) is 3.37. The van der Waals surface area contributed by atoms with Gasteiger partial charge in [0.15, 0.2) is 5.82 Å². The van der Waals surface area contributed by atoms with Gasteiger partial charge in [0.1, 0.15) is 28.8 Å². The highest BCUT2D eigenvalue weighted by molar-refractivity contribution is 6.04. The number of carbonyl (C=O) groups is 1. The minimum Gasteiger partial charge on any atom is -0.322 e. The fourth-order valence-electron chi connectivity index (χ4n) is 3.37. The molecule has 144 valence electrons. The Bertz CT molecular complexity index is 1030. The van der Waals surface area contributed by atoms with E-state index in [0.29, 0.717) is 12.4 Å². The highest BCUT2D eigenvalue weighted by Gasteiger charge is 2.21. The minimum absolute atomic E-state index is 0.174. The Hall–Kier alpha value is -3.16. The molecule has 0 saturated carbocycles. The van der Waals surface area contributed by atoms with Crippen LogP contribution >= 0.6 is 0 Å². The summed E-state index contributed by atoms with van der Waals surface area (Å²) in [4.78, 5) is 12.3. The molecule has 1 aliphatic heterocycles. The van der Waals surface area contributed by atoms with Crippen LogP contribution in [0.15, 0.2) is 36.4 Å². The predicted octanol–water partition coefficient (Wildman–Crippen LogP) is 4.34. The lowest BCUT2D eigenvalue weighted by Crippen LogP contribution is -2.16. The predicted molar refractivity (Wildman–Crippen MR) is 97.3 cm³/mol. The maximum Gasteiger partial charge on any atom is 0.261 e. The summed E-state index contributed by atoms with van der Waals surface area (Å²) in [5.74, 6) is -2.23. The normalized spacial score (nSPS) is 13.7. The summed E-state index contributed by atoms with van der Waals surface area (Å²) < 4.78 is 44.0. The zero-order valence-corrected chi connectivity index (χ0v) is 14.9. The molecule has 0 atom stereocenters. The molecule has 1 amide bonds. The lowest BCUT2D eigenvalue weighted by Gasteiger charge is -2.11. The van der Waals surface area contributed by atoms with Crippen LogP contribution in [0.1, 0.15) is 35.4 Å². The molecule has 1 aliphatic rings. The van der Waals surface area contributed by atoms with Gasteiger partial charge in [0.05, 0.1) is 5.56 Å². The van der Waals surface area contributed by atoms with Crippen LogP contribution in [0.5, 0.6) is 0 Å². The van der Waals surface area contributed by atoms with Gasteiger partial charge in [0, 0.05) is 18.7 Å². The Balaban J connectivity index is 1.67. The van der Waals surface area contributed by atoms with E-state index in [1.54, 1.807) is 0 Å². The lowest BCUT2D eigenvalue weighted by molar-refractivity contribution is 0.101. The van der Waals surface area contributed by atoms with Gasteiger partial charge < -0.3 is 9.88 Å². The standard InChI is InChI=1S/C20H17F3N4O/c21-14-9-8-12(24-20(28)18-15(22)5-4-6-16(18)23)11-13(14)19-26-25-17-7-2-1-3-10-27(17)19/h4-6,8-9,11H,1-3,7,10H2,(H,24,28). The maximum atomic E-state index is 14.5. The second-order valence-corrected chi connectivity index (χ2v) is 6.65. The molecule has 1 aromatic heterocycles. The second-order valence-electron chi connectivity index (χ2n) is 6.65. The van der Waals surface area contributed by atoms with Gasteiger partial charge in [-0.15, -0.1) is 10.2 Å². The highest BCUT2D eigenvalue weighted by atomic mass is 19.1. The monoisotopic (exact) mass is 386 g/mol. The Morgan fingerprint density at radius 1 is 0.964 bits per heavy atom. The van der Waals surface area contributed by atoms with Crippen LogP contribution in [0.4, 0.5) is 18.9 Å². The van der Waals surface area contributed by atoms with Crippen molar-refractivity contribution in [1.29, 1.82) is 0 Å². The zero-order valence-electron chi connectivity index (χ0n) is 14.9. The molecule has 5 nitrogen and oxygen atoms in total. The summed E-state index contributed by atoms with van der Waals surface area (Å²) in [6, 6.07) is 7.08. The van der Waals surface area contributed by atoms with Gasteiger partial charge in [0.25, 0.3) is 5.91 Å². The number of benzene rings is 2. The average molecular weight is 386 g/mol. The summed E-state index contributed by atoms with van der Waals surface area (Å²) in [6.07, 6.45) is 3.79. The van der Waals surface area contributed by atoms with E-state index in [0.717, 1.165) is 43.6 Å². The van der Waals surface area contributed by atoms with E-state index >= 15 is 0 Å². The van der Waals surface area contributed by atoms with E-state index in [4.69, 9.17) is 0 Å². The number of hydrogen-bond donors (Lipinski definition) is 1. The van der Waals surface area contributed by atoms with Crippen molar-refractivity contribution in [3.63, 3.8) is 0 Å². The number of amides is 1. The third-order valence-electron chi connectivity index (χ3n) is 4.76. The Labute approximate surface area is 159 Å². The van der Waals surface area contributed by atoms with Gasteiger partial charge in [-0.1, -0.05) is 12.5 Å². The Morgan fingerprint density at radius 3 is 2.54 bits per heavy atom. The van der Waals surface area contributed by atoms with E-state index in [1.165, 1.54) is 24.3 Å². The molecule has 2 heterocycles. The smallest absolute Gasteiger partial charge is 0.261 e. The number of carbonyl (C=O) groups excluding carboxylic acids is 1. The molecule has 28 heavy (non-hydrogen) atoms. The minimum atomic E-state index is -0.970. The van der Waals surface area contributed by atoms with Gasteiger partial charge in [0.2, 0.25) is 0 Å². The summed E-state index contributed by atoms with van der Waals surface area (Å²) in [6.45, 7) is 0.689. The van der Waals surface area contributed by atoms with Crippen molar-refractivity contribution in [2.24, 2.45) is 0 Å².